The first kappa shape index (κ1) is 31.4. The standard InChI is InChI=1S/C34H43N3O8/c1-32-11-9-21(37-45-18-29(41)36-26(31(42)43)13-19-16-35-25-6-4-3-5-22(19)25)14-20(32)7-8-23-24-10-12-34(44,28(40)17-38)33(24,2)15-27(39)30(23)32/h3-6,14,16,23-24,26-27,30,35,38-39,44H,7-13,15,17-18H2,1-2H3,(H,36,41)(H,42,43)/t23?,24?,26?,27?,30?,32-,33-,34-/m0/s1. The van der Waals surface area contributed by atoms with Crippen LogP contribution in [0.5, 0.6) is 0 Å². The van der Waals surface area contributed by atoms with Crippen LogP contribution >= 0.6 is 0 Å². The van der Waals surface area contributed by atoms with Crippen molar-refractivity contribution in [2.75, 3.05) is 13.2 Å². The number of aliphatic hydroxyl groups is 3. The van der Waals surface area contributed by atoms with Gasteiger partial charge in [0.05, 0.1) is 11.8 Å². The summed E-state index contributed by atoms with van der Waals surface area (Å²) >= 11 is 0. The molecule has 0 bridgehead atoms. The van der Waals surface area contributed by atoms with Gasteiger partial charge in [0.25, 0.3) is 5.91 Å². The molecule has 45 heavy (non-hydrogen) atoms. The van der Waals surface area contributed by atoms with E-state index in [-0.39, 0.29) is 29.6 Å². The van der Waals surface area contributed by atoms with Gasteiger partial charge in [-0.05, 0) is 85.8 Å². The lowest BCUT2D eigenvalue weighted by Gasteiger charge is -2.60. The fourth-order valence-electron chi connectivity index (χ4n) is 9.49. The van der Waals surface area contributed by atoms with Crippen LogP contribution in [-0.2, 0) is 25.6 Å². The Balaban J connectivity index is 1.09. The van der Waals surface area contributed by atoms with Gasteiger partial charge in [0, 0.05) is 28.9 Å². The number of Topliss-reactive ketones (excluding diaryl/α,β-unsaturated/α-hetero) is 1. The molecule has 0 saturated heterocycles. The van der Waals surface area contributed by atoms with Crippen LogP contribution in [0.1, 0.15) is 64.4 Å². The minimum absolute atomic E-state index is 0.0273. The molecule has 0 radical (unpaired) electrons. The number of hydrogen-bond donors (Lipinski definition) is 6. The predicted octanol–water partition coefficient (Wildman–Crippen LogP) is 2.88. The van der Waals surface area contributed by atoms with Crippen molar-refractivity contribution in [2.24, 2.45) is 33.7 Å². The minimum atomic E-state index is -1.62. The van der Waals surface area contributed by atoms with E-state index in [1.165, 1.54) is 5.57 Å². The van der Waals surface area contributed by atoms with E-state index in [1.54, 1.807) is 6.20 Å². The number of rotatable bonds is 9. The lowest BCUT2D eigenvalue weighted by Crippen LogP contribution is -2.62. The summed E-state index contributed by atoms with van der Waals surface area (Å²) in [5.41, 5.74) is 0.877. The Hall–Kier alpha value is -3.54. The maximum Gasteiger partial charge on any atom is 0.326 e. The first-order valence-corrected chi connectivity index (χ1v) is 15.9. The Bertz CT molecular complexity index is 1570. The summed E-state index contributed by atoms with van der Waals surface area (Å²) in [4.78, 5) is 45.7. The average molecular weight is 622 g/mol. The number of fused-ring (bicyclic) bond motifs is 6. The van der Waals surface area contributed by atoms with Crippen LogP contribution in [-0.4, -0.2) is 79.7 Å². The van der Waals surface area contributed by atoms with Gasteiger partial charge in [-0.3, -0.25) is 9.59 Å². The van der Waals surface area contributed by atoms with Crippen molar-refractivity contribution in [1.29, 1.82) is 0 Å². The number of oxime groups is 1. The van der Waals surface area contributed by atoms with E-state index in [4.69, 9.17) is 4.84 Å². The molecular weight excluding hydrogens is 578 g/mol. The molecular formula is C34H43N3O8. The van der Waals surface area contributed by atoms with E-state index in [0.717, 1.165) is 35.7 Å². The van der Waals surface area contributed by atoms with Crippen molar-refractivity contribution >= 4 is 34.3 Å². The Morgan fingerprint density at radius 1 is 1.16 bits per heavy atom. The number of hydrogen-bond acceptors (Lipinski definition) is 8. The molecule has 242 valence electrons. The van der Waals surface area contributed by atoms with Crippen LogP contribution in [0, 0.1) is 28.6 Å². The van der Waals surface area contributed by atoms with Gasteiger partial charge in [-0.2, -0.15) is 0 Å². The number of benzene rings is 1. The number of nitrogens with one attached hydrogen (secondary N) is 2. The number of aromatic nitrogens is 1. The zero-order chi connectivity index (χ0) is 32.1. The van der Waals surface area contributed by atoms with Crippen molar-refractivity contribution in [1.82, 2.24) is 10.3 Å². The Morgan fingerprint density at radius 2 is 1.93 bits per heavy atom. The van der Waals surface area contributed by atoms with Crippen LogP contribution < -0.4 is 5.32 Å². The van der Waals surface area contributed by atoms with Crippen molar-refractivity contribution in [3.8, 4) is 0 Å². The third-order valence-corrected chi connectivity index (χ3v) is 11.8. The van der Waals surface area contributed by atoms with Crippen LogP contribution in [0.2, 0.25) is 0 Å². The molecule has 0 aliphatic heterocycles. The Morgan fingerprint density at radius 3 is 2.69 bits per heavy atom. The number of aromatic amines is 1. The number of para-hydroxylation sites is 1. The van der Waals surface area contributed by atoms with Gasteiger partial charge >= 0.3 is 5.97 Å². The smallest absolute Gasteiger partial charge is 0.326 e. The molecule has 4 aliphatic carbocycles. The van der Waals surface area contributed by atoms with Gasteiger partial charge in [0.15, 0.2) is 12.4 Å². The van der Waals surface area contributed by atoms with E-state index in [2.05, 4.69) is 22.4 Å². The normalized spacial score (nSPS) is 35.6. The summed E-state index contributed by atoms with van der Waals surface area (Å²) in [5.74, 6) is -2.08. The van der Waals surface area contributed by atoms with Gasteiger partial charge < -0.3 is 35.6 Å². The van der Waals surface area contributed by atoms with Crippen LogP contribution in [0.4, 0.5) is 0 Å². The molecule has 11 nitrogen and oxygen atoms in total. The molecule has 1 aromatic carbocycles. The maximum atomic E-state index is 12.6. The van der Waals surface area contributed by atoms with E-state index < -0.39 is 54.0 Å². The highest BCUT2D eigenvalue weighted by atomic mass is 16.6. The topological polar surface area (TPSA) is 182 Å². The summed E-state index contributed by atoms with van der Waals surface area (Å²) in [5, 5.41) is 49.9. The zero-order valence-corrected chi connectivity index (χ0v) is 25.8. The fourth-order valence-corrected chi connectivity index (χ4v) is 9.49. The largest absolute Gasteiger partial charge is 0.480 e. The highest BCUT2D eigenvalue weighted by Gasteiger charge is 2.68. The van der Waals surface area contributed by atoms with Gasteiger partial charge in [-0.1, -0.05) is 42.8 Å². The molecule has 1 amide bonds. The first-order chi connectivity index (χ1) is 21.4. The molecule has 4 aliphatic rings. The molecule has 0 spiro atoms. The SMILES string of the molecule is C[C@]12CCC(=NOCC(=O)NC(Cc3c[nH]c4ccccc34)C(=O)O)C=C1CCC1C2C(O)C[C@@]2(C)C1CC[C@]2(O)C(=O)CO. The van der Waals surface area contributed by atoms with E-state index in [1.807, 2.05) is 37.3 Å². The number of aliphatic carboxylic acids is 1. The Labute approximate surface area is 261 Å². The summed E-state index contributed by atoms with van der Waals surface area (Å²) < 4.78 is 0. The number of H-pyrrole nitrogens is 1. The van der Waals surface area contributed by atoms with Crippen LogP contribution in [0.15, 0.2) is 47.3 Å². The van der Waals surface area contributed by atoms with Crippen molar-refractivity contribution < 1.29 is 39.6 Å². The first-order valence-electron chi connectivity index (χ1n) is 15.9. The number of aliphatic hydroxyl groups excluding tert-OH is 2. The predicted molar refractivity (Wildman–Crippen MR) is 165 cm³/mol. The van der Waals surface area contributed by atoms with Crippen LogP contribution in [0.25, 0.3) is 10.9 Å². The number of carboxylic acids is 1. The number of carbonyl (C=O) groups excluding carboxylic acids is 2. The third-order valence-electron chi connectivity index (χ3n) is 11.8. The number of ketones is 1. The second-order valence-electron chi connectivity index (χ2n) is 14.0. The molecule has 6 rings (SSSR count). The third kappa shape index (κ3) is 5.18. The zero-order valence-electron chi connectivity index (χ0n) is 25.8. The quantitative estimate of drug-likeness (QED) is 0.231. The summed E-state index contributed by atoms with van der Waals surface area (Å²) in [7, 11) is 0. The van der Waals surface area contributed by atoms with Gasteiger partial charge in [0.2, 0.25) is 0 Å². The fraction of sp³-hybridized carbons (Fsp3) is 0.588. The van der Waals surface area contributed by atoms with E-state index in [9.17, 15) is 34.8 Å². The highest BCUT2D eigenvalue weighted by molar-refractivity contribution is 5.96. The van der Waals surface area contributed by atoms with Crippen molar-refractivity contribution in [3.05, 3.63) is 47.7 Å². The number of amides is 1. The molecule has 6 N–H and O–H groups in total. The maximum absolute atomic E-state index is 12.6. The molecule has 8 atom stereocenters. The lowest BCUT2D eigenvalue weighted by molar-refractivity contribution is -0.181. The highest BCUT2D eigenvalue weighted by Crippen LogP contribution is 2.67. The second-order valence-corrected chi connectivity index (χ2v) is 14.0. The lowest BCUT2D eigenvalue weighted by atomic mass is 9.45. The number of nitrogens with zero attached hydrogens (tertiary/aromatic N) is 1. The molecule has 1 aromatic heterocycles. The van der Waals surface area contributed by atoms with Crippen molar-refractivity contribution in [3.63, 3.8) is 0 Å². The second kappa shape index (κ2) is 11.7. The van der Waals surface area contributed by atoms with Crippen molar-refractivity contribution in [2.45, 2.75) is 83.0 Å². The minimum Gasteiger partial charge on any atom is -0.480 e. The summed E-state index contributed by atoms with van der Waals surface area (Å²) in [6.45, 7) is 2.98. The summed E-state index contributed by atoms with van der Waals surface area (Å²) in [6, 6.07) is 6.45. The molecule has 1 heterocycles. The molecule has 3 fully saturated rings. The number of carbonyl (C=O) groups is 3. The molecule has 2 aromatic rings. The van der Waals surface area contributed by atoms with Gasteiger partial charge in [-0.25, -0.2) is 4.79 Å². The van der Waals surface area contributed by atoms with Gasteiger partial charge in [-0.15, -0.1) is 0 Å². The average Bonchev–Trinajstić information content (AvgIpc) is 3.54. The molecule has 5 unspecified atom stereocenters. The van der Waals surface area contributed by atoms with Crippen LogP contribution in [0.3, 0.4) is 0 Å². The van der Waals surface area contributed by atoms with Gasteiger partial charge in [0.1, 0.15) is 18.2 Å². The van der Waals surface area contributed by atoms with E-state index >= 15 is 0 Å². The number of allylic oxidation sites excluding steroid dienone is 2. The van der Waals surface area contributed by atoms with E-state index in [0.29, 0.717) is 31.4 Å². The number of carboxylic acid groups (broad SMARTS) is 1. The summed E-state index contributed by atoms with van der Waals surface area (Å²) in [6.07, 6.45) is 7.41. The molecule has 3 saturated carbocycles. The monoisotopic (exact) mass is 621 g/mol. The molecule has 11 heteroatoms. The Kier molecular flexibility index (Phi) is 8.16.